The molecule has 0 unspecified atom stereocenters. The second-order valence-electron chi connectivity index (χ2n) is 4.69. The zero-order valence-electron chi connectivity index (χ0n) is 12.4. The molecule has 0 fully saturated rings. The fourth-order valence-corrected chi connectivity index (χ4v) is 2.42. The highest BCUT2D eigenvalue weighted by Gasteiger charge is 2.13. The summed E-state index contributed by atoms with van der Waals surface area (Å²) < 4.78 is 6.92. The number of benzene rings is 1. The van der Waals surface area contributed by atoms with E-state index in [1.165, 1.54) is 5.56 Å². The molecule has 1 aromatic heterocycles. The molecular formula is C16H20N2O2. The number of carbonyl (C=O) groups excluding carboxylic acids is 1. The lowest BCUT2D eigenvalue weighted by molar-refractivity contribution is 0.0526. The number of hydrogen-bond donors (Lipinski definition) is 0. The third-order valence-electron chi connectivity index (χ3n) is 3.40. The lowest BCUT2D eigenvalue weighted by Gasteiger charge is -2.07. The van der Waals surface area contributed by atoms with Gasteiger partial charge in [-0.3, -0.25) is 0 Å². The van der Waals surface area contributed by atoms with Crippen molar-refractivity contribution in [3.63, 3.8) is 0 Å². The van der Waals surface area contributed by atoms with Crippen LogP contribution in [0.1, 0.15) is 41.2 Å². The normalized spacial score (nSPS) is 10.6. The zero-order valence-corrected chi connectivity index (χ0v) is 12.4. The molecular weight excluding hydrogens is 252 g/mol. The standard InChI is InChI=1S/C16H20N2O2/c1-5-15-11(3)17-18(12(15)4)14-9-7-8-13(10-14)16(19)20-6-2/h7-10H,5-6H2,1-4H3. The topological polar surface area (TPSA) is 44.1 Å². The van der Waals surface area contributed by atoms with E-state index in [4.69, 9.17) is 4.74 Å². The van der Waals surface area contributed by atoms with Crippen molar-refractivity contribution in [2.24, 2.45) is 0 Å². The molecule has 0 amide bonds. The Labute approximate surface area is 119 Å². The molecule has 0 saturated carbocycles. The molecule has 20 heavy (non-hydrogen) atoms. The first kappa shape index (κ1) is 14.3. The predicted molar refractivity (Wildman–Crippen MR) is 78.4 cm³/mol. The molecule has 1 aromatic carbocycles. The van der Waals surface area contributed by atoms with Gasteiger partial charge in [-0.25, -0.2) is 9.48 Å². The van der Waals surface area contributed by atoms with Crippen LogP contribution < -0.4 is 0 Å². The number of carbonyl (C=O) groups is 1. The second kappa shape index (κ2) is 5.90. The zero-order chi connectivity index (χ0) is 14.7. The van der Waals surface area contributed by atoms with E-state index in [1.807, 2.05) is 29.8 Å². The SMILES string of the molecule is CCOC(=O)c1cccc(-n2nc(C)c(CC)c2C)c1. The molecule has 4 nitrogen and oxygen atoms in total. The number of ether oxygens (including phenoxy) is 1. The Kier molecular flexibility index (Phi) is 4.23. The van der Waals surface area contributed by atoms with E-state index in [2.05, 4.69) is 18.9 Å². The van der Waals surface area contributed by atoms with Gasteiger partial charge in [-0.15, -0.1) is 0 Å². The summed E-state index contributed by atoms with van der Waals surface area (Å²) in [4.78, 5) is 11.8. The molecule has 4 heteroatoms. The maximum absolute atomic E-state index is 11.8. The van der Waals surface area contributed by atoms with Gasteiger partial charge >= 0.3 is 5.97 Å². The minimum absolute atomic E-state index is 0.299. The first-order valence-corrected chi connectivity index (χ1v) is 6.91. The largest absolute Gasteiger partial charge is 0.462 e. The van der Waals surface area contributed by atoms with E-state index in [0.717, 1.165) is 23.5 Å². The summed E-state index contributed by atoms with van der Waals surface area (Å²) in [5, 5.41) is 4.56. The highest BCUT2D eigenvalue weighted by Crippen LogP contribution is 2.19. The average Bonchev–Trinajstić information content (AvgIpc) is 2.74. The van der Waals surface area contributed by atoms with Crippen LogP contribution >= 0.6 is 0 Å². The van der Waals surface area contributed by atoms with Crippen LogP contribution in [-0.2, 0) is 11.2 Å². The number of rotatable bonds is 4. The first-order valence-electron chi connectivity index (χ1n) is 6.91. The van der Waals surface area contributed by atoms with Gasteiger partial charge in [0.2, 0.25) is 0 Å². The minimum Gasteiger partial charge on any atom is -0.462 e. The summed E-state index contributed by atoms with van der Waals surface area (Å²) >= 11 is 0. The number of esters is 1. The van der Waals surface area contributed by atoms with Gasteiger partial charge in [-0.2, -0.15) is 5.10 Å². The molecule has 2 aromatic rings. The number of nitrogens with zero attached hydrogens (tertiary/aromatic N) is 2. The van der Waals surface area contributed by atoms with Gasteiger partial charge in [0.05, 0.1) is 23.6 Å². The summed E-state index contributed by atoms with van der Waals surface area (Å²) in [6.07, 6.45) is 0.954. The molecule has 0 bridgehead atoms. The van der Waals surface area contributed by atoms with Crippen molar-refractivity contribution in [1.29, 1.82) is 0 Å². The van der Waals surface area contributed by atoms with Crippen molar-refractivity contribution in [2.45, 2.75) is 34.1 Å². The molecule has 0 spiro atoms. The smallest absolute Gasteiger partial charge is 0.338 e. The summed E-state index contributed by atoms with van der Waals surface area (Å²) in [6.45, 7) is 8.36. The van der Waals surface area contributed by atoms with Gasteiger partial charge < -0.3 is 4.74 Å². The van der Waals surface area contributed by atoms with Crippen molar-refractivity contribution in [2.75, 3.05) is 6.61 Å². The van der Waals surface area contributed by atoms with E-state index in [0.29, 0.717) is 12.2 Å². The van der Waals surface area contributed by atoms with E-state index in [1.54, 1.807) is 13.0 Å². The lowest BCUT2D eigenvalue weighted by atomic mass is 10.1. The molecule has 2 rings (SSSR count). The van der Waals surface area contributed by atoms with Crippen LogP contribution in [-0.4, -0.2) is 22.4 Å². The minimum atomic E-state index is -0.299. The fourth-order valence-electron chi connectivity index (χ4n) is 2.42. The van der Waals surface area contributed by atoms with Crippen LogP contribution in [0.2, 0.25) is 0 Å². The quantitative estimate of drug-likeness (QED) is 0.803. The molecule has 1 heterocycles. The molecule has 0 aliphatic heterocycles. The van der Waals surface area contributed by atoms with Gasteiger partial charge in [0.25, 0.3) is 0 Å². The van der Waals surface area contributed by atoms with E-state index < -0.39 is 0 Å². The van der Waals surface area contributed by atoms with Gasteiger partial charge in [0, 0.05) is 5.69 Å². The highest BCUT2D eigenvalue weighted by molar-refractivity contribution is 5.90. The van der Waals surface area contributed by atoms with Gasteiger partial charge in [-0.1, -0.05) is 13.0 Å². The predicted octanol–water partition coefficient (Wildman–Crippen LogP) is 3.23. The van der Waals surface area contributed by atoms with Crippen molar-refractivity contribution >= 4 is 5.97 Å². The molecule has 0 aliphatic carbocycles. The van der Waals surface area contributed by atoms with Crippen LogP contribution in [0.4, 0.5) is 0 Å². The maximum Gasteiger partial charge on any atom is 0.338 e. The summed E-state index contributed by atoms with van der Waals surface area (Å²) in [6, 6.07) is 7.37. The fraction of sp³-hybridized carbons (Fsp3) is 0.375. The third-order valence-corrected chi connectivity index (χ3v) is 3.40. The Balaban J connectivity index is 2.44. The Bertz CT molecular complexity index is 629. The summed E-state index contributed by atoms with van der Waals surface area (Å²) in [5.41, 5.74) is 4.84. The Morgan fingerprint density at radius 1 is 1.30 bits per heavy atom. The van der Waals surface area contributed by atoms with Crippen molar-refractivity contribution in [3.8, 4) is 5.69 Å². The molecule has 106 valence electrons. The first-order chi connectivity index (χ1) is 9.58. The monoisotopic (exact) mass is 272 g/mol. The van der Waals surface area contributed by atoms with E-state index in [9.17, 15) is 4.79 Å². The Hall–Kier alpha value is -2.10. The average molecular weight is 272 g/mol. The Morgan fingerprint density at radius 2 is 2.05 bits per heavy atom. The van der Waals surface area contributed by atoms with E-state index in [-0.39, 0.29) is 5.97 Å². The van der Waals surface area contributed by atoms with Gasteiger partial charge in [0.15, 0.2) is 0 Å². The Morgan fingerprint density at radius 3 is 2.65 bits per heavy atom. The highest BCUT2D eigenvalue weighted by atomic mass is 16.5. The number of aryl methyl sites for hydroxylation is 1. The number of hydrogen-bond acceptors (Lipinski definition) is 3. The van der Waals surface area contributed by atoms with Crippen LogP contribution in [0.3, 0.4) is 0 Å². The summed E-state index contributed by atoms with van der Waals surface area (Å²) in [5.74, 6) is -0.299. The summed E-state index contributed by atoms with van der Waals surface area (Å²) in [7, 11) is 0. The van der Waals surface area contributed by atoms with Crippen LogP contribution in [0.25, 0.3) is 5.69 Å². The van der Waals surface area contributed by atoms with Crippen LogP contribution in [0, 0.1) is 13.8 Å². The van der Waals surface area contributed by atoms with E-state index >= 15 is 0 Å². The molecule has 0 N–H and O–H groups in total. The second-order valence-corrected chi connectivity index (χ2v) is 4.69. The van der Waals surface area contributed by atoms with Gasteiger partial charge in [0.1, 0.15) is 0 Å². The third kappa shape index (κ3) is 2.59. The van der Waals surface area contributed by atoms with Gasteiger partial charge in [-0.05, 0) is 51.0 Å². The lowest BCUT2D eigenvalue weighted by Crippen LogP contribution is -2.06. The van der Waals surface area contributed by atoms with Crippen LogP contribution in [0.15, 0.2) is 24.3 Å². The van der Waals surface area contributed by atoms with Crippen molar-refractivity contribution < 1.29 is 9.53 Å². The molecule has 0 radical (unpaired) electrons. The van der Waals surface area contributed by atoms with Crippen LogP contribution in [0.5, 0.6) is 0 Å². The molecule has 0 saturated heterocycles. The van der Waals surface area contributed by atoms with Crippen molar-refractivity contribution in [3.05, 3.63) is 46.8 Å². The molecule has 0 atom stereocenters. The number of aromatic nitrogens is 2. The van der Waals surface area contributed by atoms with Crippen molar-refractivity contribution in [1.82, 2.24) is 9.78 Å². The molecule has 0 aliphatic rings. The maximum atomic E-state index is 11.8.